The third-order valence-corrected chi connectivity index (χ3v) is 5.01. The third-order valence-electron chi connectivity index (χ3n) is 5.01. The zero-order valence-corrected chi connectivity index (χ0v) is 13.3. The summed E-state index contributed by atoms with van der Waals surface area (Å²) in [6.07, 6.45) is 5.36. The molecule has 0 spiro atoms. The van der Waals surface area contributed by atoms with Crippen LogP contribution in [0.5, 0.6) is 5.75 Å². The zero-order valence-electron chi connectivity index (χ0n) is 13.3. The average Bonchev–Trinajstić information content (AvgIpc) is 3.06. The monoisotopic (exact) mass is 309 g/mol. The van der Waals surface area contributed by atoms with Crippen LogP contribution < -0.4 is 0 Å². The molecule has 0 radical (unpaired) electrons. The number of hydrogen-bond acceptors (Lipinski definition) is 3. The molecule has 3 aromatic rings. The normalized spacial score (nSPS) is 17.7. The van der Waals surface area contributed by atoms with Crippen LogP contribution in [-0.2, 0) is 20.0 Å². The van der Waals surface area contributed by atoms with E-state index in [9.17, 15) is 9.90 Å². The fourth-order valence-corrected chi connectivity index (χ4v) is 3.73. The summed E-state index contributed by atoms with van der Waals surface area (Å²) in [7, 11) is 1.97. The second-order valence-corrected chi connectivity index (χ2v) is 6.28. The van der Waals surface area contributed by atoms with Crippen molar-refractivity contribution in [3.8, 4) is 5.75 Å². The Hall–Kier alpha value is -2.56. The summed E-state index contributed by atoms with van der Waals surface area (Å²) in [6, 6.07) is 5.43. The summed E-state index contributed by atoms with van der Waals surface area (Å²) in [5.41, 5.74) is 2.66. The lowest BCUT2D eigenvalue weighted by Gasteiger charge is -2.23. The number of Topliss-reactive ketones (excluding diaryl/α,β-unsaturated/α-hetero) is 1. The Balaban J connectivity index is 1.81. The zero-order chi connectivity index (χ0) is 16.1. The van der Waals surface area contributed by atoms with E-state index in [-0.39, 0.29) is 17.5 Å². The topological polar surface area (TPSA) is 60.0 Å². The van der Waals surface area contributed by atoms with Gasteiger partial charge in [0.25, 0.3) is 0 Å². The number of aryl methyl sites for hydroxylation is 2. The lowest BCUT2D eigenvalue weighted by molar-refractivity contribution is 0.0887. The Morgan fingerprint density at radius 1 is 1.39 bits per heavy atom. The predicted molar refractivity (Wildman–Crippen MR) is 87.7 cm³/mol. The van der Waals surface area contributed by atoms with Crippen molar-refractivity contribution < 1.29 is 9.90 Å². The molecule has 5 heteroatoms. The molecule has 1 unspecified atom stereocenters. The van der Waals surface area contributed by atoms with Crippen molar-refractivity contribution >= 4 is 16.7 Å². The molecule has 23 heavy (non-hydrogen) atoms. The van der Waals surface area contributed by atoms with Crippen LogP contribution in [0.3, 0.4) is 0 Å². The molecule has 1 aliphatic rings. The van der Waals surface area contributed by atoms with Crippen LogP contribution in [0.1, 0.15) is 28.3 Å². The molecule has 5 nitrogen and oxygen atoms in total. The van der Waals surface area contributed by atoms with E-state index in [1.165, 1.54) is 0 Å². The van der Waals surface area contributed by atoms with Crippen molar-refractivity contribution in [2.45, 2.75) is 26.3 Å². The largest absolute Gasteiger partial charge is 0.507 e. The SMILES string of the molecule is Cc1nccn1CC1CCc2c(c3c(O)cccc3n2C)C1=O. The number of carbonyl (C=O) groups is 1. The molecule has 0 aliphatic heterocycles. The first-order chi connectivity index (χ1) is 11.1. The smallest absolute Gasteiger partial charge is 0.170 e. The number of benzene rings is 1. The van der Waals surface area contributed by atoms with Crippen LogP contribution >= 0.6 is 0 Å². The quantitative estimate of drug-likeness (QED) is 0.792. The van der Waals surface area contributed by atoms with E-state index in [1.807, 2.05) is 41.4 Å². The third kappa shape index (κ3) is 2.00. The number of aromatic hydroxyl groups is 1. The number of rotatable bonds is 2. The second kappa shape index (κ2) is 4.98. The van der Waals surface area contributed by atoms with Gasteiger partial charge in [-0.05, 0) is 31.9 Å². The van der Waals surface area contributed by atoms with Crippen molar-refractivity contribution in [2.75, 3.05) is 0 Å². The van der Waals surface area contributed by atoms with Gasteiger partial charge < -0.3 is 14.2 Å². The van der Waals surface area contributed by atoms with E-state index in [0.29, 0.717) is 17.5 Å². The van der Waals surface area contributed by atoms with E-state index in [4.69, 9.17) is 0 Å². The second-order valence-electron chi connectivity index (χ2n) is 6.28. The number of nitrogens with zero attached hydrogens (tertiary/aromatic N) is 3. The van der Waals surface area contributed by atoms with E-state index in [0.717, 1.165) is 29.9 Å². The number of ketones is 1. The van der Waals surface area contributed by atoms with Crippen LogP contribution in [0.15, 0.2) is 30.6 Å². The molecule has 4 rings (SSSR count). The number of phenolic OH excluding ortho intramolecular Hbond substituents is 1. The Labute approximate surface area is 134 Å². The molecule has 1 aromatic carbocycles. The number of phenols is 1. The molecule has 0 fully saturated rings. The summed E-state index contributed by atoms with van der Waals surface area (Å²) in [5, 5.41) is 11.0. The van der Waals surface area contributed by atoms with Crippen molar-refractivity contribution in [3.63, 3.8) is 0 Å². The van der Waals surface area contributed by atoms with Crippen molar-refractivity contribution in [2.24, 2.45) is 13.0 Å². The van der Waals surface area contributed by atoms with Crippen LogP contribution in [-0.4, -0.2) is 25.0 Å². The Bertz CT molecular complexity index is 920. The Morgan fingerprint density at radius 2 is 2.22 bits per heavy atom. The van der Waals surface area contributed by atoms with Crippen LogP contribution in [0.25, 0.3) is 10.9 Å². The minimum atomic E-state index is -0.0689. The summed E-state index contributed by atoms with van der Waals surface area (Å²) in [5.74, 6) is 1.17. The predicted octanol–water partition coefficient (Wildman–Crippen LogP) is 2.83. The Kier molecular flexibility index (Phi) is 3.04. The van der Waals surface area contributed by atoms with Gasteiger partial charge >= 0.3 is 0 Å². The van der Waals surface area contributed by atoms with Crippen LogP contribution in [0.2, 0.25) is 0 Å². The van der Waals surface area contributed by atoms with E-state index in [1.54, 1.807) is 12.3 Å². The first-order valence-electron chi connectivity index (χ1n) is 7.89. The molecular weight excluding hydrogens is 290 g/mol. The Morgan fingerprint density at radius 3 is 2.96 bits per heavy atom. The average molecular weight is 309 g/mol. The van der Waals surface area contributed by atoms with E-state index in [2.05, 4.69) is 4.98 Å². The molecule has 118 valence electrons. The van der Waals surface area contributed by atoms with Gasteiger partial charge in [0.15, 0.2) is 5.78 Å². The molecule has 1 atom stereocenters. The fourth-order valence-electron chi connectivity index (χ4n) is 3.73. The van der Waals surface area contributed by atoms with Crippen molar-refractivity contribution in [3.05, 3.63) is 47.7 Å². The number of imidazole rings is 1. The first-order valence-corrected chi connectivity index (χ1v) is 7.89. The van der Waals surface area contributed by atoms with Gasteiger partial charge in [0.1, 0.15) is 11.6 Å². The molecule has 0 bridgehead atoms. The van der Waals surface area contributed by atoms with Gasteiger partial charge in [-0.15, -0.1) is 0 Å². The van der Waals surface area contributed by atoms with Gasteiger partial charge in [-0.3, -0.25) is 4.79 Å². The highest BCUT2D eigenvalue weighted by atomic mass is 16.3. The highest BCUT2D eigenvalue weighted by Crippen LogP contribution is 2.38. The van der Waals surface area contributed by atoms with Gasteiger partial charge in [-0.25, -0.2) is 4.98 Å². The minimum absolute atomic E-state index is 0.0689. The van der Waals surface area contributed by atoms with Crippen LogP contribution in [0, 0.1) is 12.8 Å². The summed E-state index contributed by atoms with van der Waals surface area (Å²) in [4.78, 5) is 17.3. The molecule has 2 heterocycles. The molecular formula is C18H19N3O2. The highest BCUT2D eigenvalue weighted by Gasteiger charge is 2.33. The molecule has 0 saturated carbocycles. The fraction of sp³-hybridized carbons (Fsp3) is 0.333. The van der Waals surface area contributed by atoms with Gasteiger partial charge in [0.2, 0.25) is 0 Å². The molecule has 2 aromatic heterocycles. The highest BCUT2D eigenvalue weighted by molar-refractivity contribution is 6.13. The minimum Gasteiger partial charge on any atom is -0.507 e. The first kappa shape index (κ1) is 14.1. The number of aromatic nitrogens is 3. The lowest BCUT2D eigenvalue weighted by Crippen LogP contribution is -2.27. The molecule has 0 saturated heterocycles. The molecule has 1 aliphatic carbocycles. The van der Waals surface area contributed by atoms with E-state index >= 15 is 0 Å². The molecule has 0 amide bonds. The van der Waals surface area contributed by atoms with Crippen LogP contribution in [0.4, 0.5) is 0 Å². The van der Waals surface area contributed by atoms with Gasteiger partial charge in [-0.1, -0.05) is 6.07 Å². The summed E-state index contributed by atoms with van der Waals surface area (Å²) < 4.78 is 4.07. The van der Waals surface area contributed by atoms with Gasteiger partial charge in [-0.2, -0.15) is 0 Å². The van der Waals surface area contributed by atoms with E-state index < -0.39 is 0 Å². The maximum absolute atomic E-state index is 13.1. The maximum Gasteiger partial charge on any atom is 0.170 e. The lowest BCUT2D eigenvalue weighted by atomic mass is 9.84. The van der Waals surface area contributed by atoms with Gasteiger partial charge in [0.05, 0.1) is 16.5 Å². The van der Waals surface area contributed by atoms with Gasteiger partial charge in [0, 0.05) is 37.6 Å². The number of carbonyl (C=O) groups excluding carboxylic acids is 1. The summed E-state index contributed by atoms with van der Waals surface area (Å²) >= 11 is 0. The number of fused-ring (bicyclic) bond motifs is 3. The van der Waals surface area contributed by atoms with Crippen molar-refractivity contribution in [1.29, 1.82) is 0 Å². The number of hydrogen-bond donors (Lipinski definition) is 1. The summed E-state index contributed by atoms with van der Waals surface area (Å²) in [6.45, 7) is 2.59. The van der Waals surface area contributed by atoms with Crippen molar-refractivity contribution in [1.82, 2.24) is 14.1 Å². The maximum atomic E-state index is 13.1. The molecule has 1 N–H and O–H groups in total. The standard InChI is InChI=1S/C18H19N3O2/c1-11-19-8-9-21(11)10-12-6-7-14-17(18(12)23)16-13(20(14)2)4-3-5-15(16)22/h3-5,8-9,12,22H,6-7,10H2,1-2H3.